The molecule has 2 atom stereocenters. The minimum absolute atomic E-state index is 0.0876. The van der Waals surface area contributed by atoms with Gasteiger partial charge in [0.1, 0.15) is 41.2 Å². The van der Waals surface area contributed by atoms with Gasteiger partial charge in [0.15, 0.2) is 0 Å². The number of unbranched alkanes of at least 4 members (excludes halogenated alkanes) is 2. The molecule has 0 aliphatic carbocycles. The molecule has 0 aromatic heterocycles. The van der Waals surface area contributed by atoms with E-state index in [1.54, 1.807) is 50.6 Å². The van der Waals surface area contributed by atoms with Crippen LogP contribution in [0.5, 0.6) is 23.0 Å². The predicted octanol–water partition coefficient (Wildman–Crippen LogP) is 17.0. The smallest absolute Gasteiger partial charge is 0.306 e. The average molecular weight is 1050 g/mol. The number of rotatable bonds is 20. The minimum atomic E-state index is -0.287. The van der Waals surface area contributed by atoms with Crippen LogP contribution < -0.4 is 14.2 Å². The van der Waals surface area contributed by atoms with Crippen LogP contribution in [-0.2, 0) is 42.4 Å². The number of benzene rings is 6. The van der Waals surface area contributed by atoms with Gasteiger partial charge in [-0.1, -0.05) is 130 Å². The number of ether oxygens (including phenoxy) is 5. The zero-order valence-corrected chi connectivity index (χ0v) is 47.0. The minimum Gasteiger partial charge on any atom is -0.508 e. The molecule has 0 bridgehead atoms. The Hall–Kier alpha value is -6.39. The molecule has 0 aliphatic heterocycles. The molecule has 75 heavy (non-hydrogen) atoms. The molecule has 0 saturated carbocycles. The fourth-order valence-electron chi connectivity index (χ4n) is 8.78. The third-order valence-corrected chi connectivity index (χ3v) is 13.4. The van der Waals surface area contributed by atoms with Crippen LogP contribution in [-0.4, -0.2) is 45.5 Å². The first kappa shape index (κ1) is 61.2. The number of carbonyl (C=O) groups excluding carboxylic acids is 2. The standard InChI is InChI=1S/C32H39FO4.C18H20ClFO.C14H20O3/c1-7-8-9-24(19-31(34)36-6)23-11-13-25(14-12-23)37-21-22-10-16-29(32(2,3)4)27(18-22)28-20-26(35-5)15-17-30(28)33;1-18(2,3)16-7-5-12(11-19)9-14(16)15-10-13(21-4)6-8-17(15)20;1-3-4-5-12(10-14(16)17-2)11-6-8-13(15)9-7-11/h10-18,20,24H,7-9,19,21H2,1-6H3;5-10H,11H2,1-4H3;6-9,12,15H,3-5,10H2,1-2H3/t24-;;12-/m1.1/s1. The highest BCUT2D eigenvalue weighted by Gasteiger charge is 2.24. The first-order chi connectivity index (χ1) is 35.7. The molecule has 0 aliphatic rings. The van der Waals surface area contributed by atoms with Crippen LogP contribution in [0.3, 0.4) is 0 Å². The summed E-state index contributed by atoms with van der Waals surface area (Å²) < 4.78 is 55.5. The third kappa shape index (κ3) is 18.7. The van der Waals surface area contributed by atoms with E-state index in [0.29, 0.717) is 48.0 Å². The molecule has 8 nitrogen and oxygen atoms in total. The van der Waals surface area contributed by atoms with E-state index >= 15 is 0 Å². The van der Waals surface area contributed by atoms with Gasteiger partial charge in [-0.3, -0.25) is 9.59 Å². The number of phenols is 1. The predicted molar refractivity (Wildman–Crippen MR) is 300 cm³/mol. The summed E-state index contributed by atoms with van der Waals surface area (Å²) in [4.78, 5) is 23.2. The SMILES string of the molecule is CCCC[C@H](CC(=O)OC)c1ccc(O)cc1.CCCC[C@H](CC(=O)OC)c1ccc(OCc2ccc(C(C)(C)C)c(-c3cc(OC)ccc3F)c2)cc1.COc1ccc(F)c(-c2cc(CCl)ccc2C(C)(C)C)c1. The van der Waals surface area contributed by atoms with E-state index in [-0.39, 0.29) is 52.0 Å². The maximum atomic E-state index is 14.9. The van der Waals surface area contributed by atoms with Crippen molar-refractivity contribution in [3.05, 3.63) is 166 Å². The van der Waals surface area contributed by atoms with Gasteiger partial charge in [-0.05, 0) is 153 Å². The first-order valence-corrected chi connectivity index (χ1v) is 26.4. The fourth-order valence-corrected chi connectivity index (χ4v) is 8.94. The quantitative estimate of drug-likeness (QED) is 0.0596. The molecule has 1 N–H and O–H groups in total. The van der Waals surface area contributed by atoms with E-state index in [1.165, 1.54) is 26.4 Å². The average Bonchev–Trinajstić information content (AvgIpc) is 3.40. The van der Waals surface area contributed by atoms with Crippen LogP contribution in [0.2, 0.25) is 0 Å². The number of halogens is 3. The Labute approximate surface area is 450 Å². The molecule has 404 valence electrons. The van der Waals surface area contributed by atoms with Crippen LogP contribution in [0, 0.1) is 11.6 Å². The molecule has 0 spiro atoms. The summed E-state index contributed by atoms with van der Waals surface area (Å²) in [5.74, 6) is 2.05. The lowest BCUT2D eigenvalue weighted by molar-refractivity contribution is -0.142. The highest BCUT2D eigenvalue weighted by atomic mass is 35.5. The van der Waals surface area contributed by atoms with Crippen molar-refractivity contribution < 1.29 is 47.2 Å². The second-order valence-electron chi connectivity index (χ2n) is 20.8. The largest absolute Gasteiger partial charge is 0.508 e. The number of phenolic OH excluding ortho intramolecular Hbond substituents is 1. The number of methoxy groups -OCH3 is 4. The van der Waals surface area contributed by atoms with E-state index < -0.39 is 0 Å². The molecule has 0 heterocycles. The van der Waals surface area contributed by atoms with E-state index in [9.17, 15) is 23.5 Å². The Morgan fingerprint density at radius 3 is 1.32 bits per heavy atom. The van der Waals surface area contributed by atoms with Crippen LogP contribution >= 0.6 is 11.6 Å². The van der Waals surface area contributed by atoms with E-state index in [0.717, 1.165) is 88.8 Å². The van der Waals surface area contributed by atoms with Crippen molar-refractivity contribution in [2.45, 2.75) is 142 Å². The second-order valence-corrected chi connectivity index (χ2v) is 21.0. The lowest BCUT2D eigenvalue weighted by Crippen LogP contribution is -2.13. The van der Waals surface area contributed by atoms with Gasteiger partial charge in [-0.25, -0.2) is 8.78 Å². The summed E-state index contributed by atoms with van der Waals surface area (Å²) in [7, 11) is 6.00. The van der Waals surface area contributed by atoms with Crippen molar-refractivity contribution in [1.82, 2.24) is 0 Å². The third-order valence-electron chi connectivity index (χ3n) is 13.1. The Morgan fingerprint density at radius 2 is 0.933 bits per heavy atom. The van der Waals surface area contributed by atoms with Gasteiger partial charge in [0.25, 0.3) is 0 Å². The van der Waals surface area contributed by atoms with Gasteiger partial charge in [0.05, 0.1) is 41.3 Å². The van der Waals surface area contributed by atoms with Crippen molar-refractivity contribution in [2.75, 3.05) is 28.4 Å². The summed E-state index contributed by atoms with van der Waals surface area (Å²) in [6.07, 6.45) is 7.02. The zero-order chi connectivity index (χ0) is 55.3. The molecule has 0 saturated heterocycles. The van der Waals surface area contributed by atoms with Gasteiger partial charge in [0, 0.05) is 17.0 Å². The topological polar surface area (TPSA) is 101 Å². The maximum absolute atomic E-state index is 14.9. The highest BCUT2D eigenvalue weighted by molar-refractivity contribution is 6.17. The highest BCUT2D eigenvalue weighted by Crippen LogP contribution is 2.39. The van der Waals surface area contributed by atoms with Crippen molar-refractivity contribution >= 4 is 23.5 Å². The molecule has 11 heteroatoms. The molecular weight excluding hydrogens is 970 g/mol. The molecule has 0 unspecified atom stereocenters. The Balaban J connectivity index is 0.000000269. The van der Waals surface area contributed by atoms with Gasteiger partial charge in [0.2, 0.25) is 0 Å². The summed E-state index contributed by atoms with van der Waals surface area (Å²) >= 11 is 5.93. The van der Waals surface area contributed by atoms with Gasteiger partial charge in [-0.2, -0.15) is 0 Å². The Kier molecular flexibility index (Phi) is 24.2. The second kappa shape index (κ2) is 29.6. The van der Waals surface area contributed by atoms with Crippen molar-refractivity contribution in [2.24, 2.45) is 0 Å². The van der Waals surface area contributed by atoms with E-state index in [1.807, 2.05) is 66.7 Å². The fraction of sp³-hybridized carbons (Fsp3) is 0.406. The number of aromatic hydroxyl groups is 1. The number of esters is 2. The number of carbonyl (C=O) groups is 2. The number of hydrogen-bond acceptors (Lipinski definition) is 8. The van der Waals surface area contributed by atoms with Crippen molar-refractivity contribution in [3.63, 3.8) is 0 Å². The molecule has 0 amide bonds. The van der Waals surface area contributed by atoms with Gasteiger partial charge < -0.3 is 28.8 Å². The lowest BCUT2D eigenvalue weighted by Gasteiger charge is -2.24. The van der Waals surface area contributed by atoms with Crippen LogP contribution in [0.4, 0.5) is 8.78 Å². The van der Waals surface area contributed by atoms with Gasteiger partial charge in [-0.15, -0.1) is 11.6 Å². The Morgan fingerprint density at radius 1 is 0.533 bits per heavy atom. The molecular formula is C64H79ClF2O8. The van der Waals surface area contributed by atoms with Crippen LogP contribution in [0.15, 0.2) is 121 Å². The van der Waals surface area contributed by atoms with Gasteiger partial charge >= 0.3 is 11.9 Å². The number of hydrogen-bond donors (Lipinski definition) is 1. The van der Waals surface area contributed by atoms with E-state index in [2.05, 4.69) is 61.5 Å². The molecule has 6 rings (SSSR count). The molecule has 0 radical (unpaired) electrons. The van der Waals surface area contributed by atoms with Crippen LogP contribution in [0.1, 0.15) is 152 Å². The monoisotopic (exact) mass is 1050 g/mol. The molecule has 0 fully saturated rings. The normalized spacial score (nSPS) is 12.0. The lowest BCUT2D eigenvalue weighted by atomic mass is 9.81. The molecule has 6 aromatic carbocycles. The van der Waals surface area contributed by atoms with Crippen molar-refractivity contribution in [3.8, 4) is 45.3 Å². The molecule has 6 aromatic rings. The summed E-state index contributed by atoms with van der Waals surface area (Å²) in [6.45, 7) is 17.3. The van der Waals surface area contributed by atoms with Crippen molar-refractivity contribution in [1.29, 1.82) is 0 Å². The number of alkyl halides is 1. The zero-order valence-electron chi connectivity index (χ0n) is 46.2. The summed E-state index contributed by atoms with van der Waals surface area (Å²) in [5.41, 5.74) is 8.76. The van der Waals surface area contributed by atoms with Crippen LogP contribution in [0.25, 0.3) is 22.3 Å². The summed E-state index contributed by atoms with van der Waals surface area (Å²) in [6, 6.07) is 36.7. The van der Waals surface area contributed by atoms with E-state index in [4.69, 9.17) is 35.3 Å². The maximum Gasteiger partial charge on any atom is 0.306 e. The first-order valence-electron chi connectivity index (χ1n) is 25.9. The Bertz CT molecular complexity index is 2720. The summed E-state index contributed by atoms with van der Waals surface area (Å²) in [5, 5.41) is 9.25.